The van der Waals surface area contributed by atoms with Gasteiger partial charge in [-0.3, -0.25) is 14.5 Å². The number of aryl methyl sites for hydroxylation is 1. The molecule has 0 spiro atoms. The van der Waals surface area contributed by atoms with Crippen molar-refractivity contribution in [1.82, 2.24) is 4.90 Å². The van der Waals surface area contributed by atoms with Gasteiger partial charge >= 0.3 is 0 Å². The number of unbranched alkanes of at least 4 members (excludes halogenated alkanes) is 1. The Hall–Kier alpha value is -2.46. The van der Waals surface area contributed by atoms with Gasteiger partial charge in [0, 0.05) is 13.0 Å². The zero-order valence-electron chi connectivity index (χ0n) is 16.8. The largest absolute Gasteiger partial charge is 0.390 e. The van der Waals surface area contributed by atoms with E-state index in [0.717, 1.165) is 37.7 Å². The molecule has 0 saturated carbocycles. The number of imide groups is 1. The van der Waals surface area contributed by atoms with Crippen LogP contribution in [0.1, 0.15) is 71.4 Å². The third kappa shape index (κ3) is 4.68. The zero-order chi connectivity index (χ0) is 20.1. The smallest absolute Gasteiger partial charge is 0.261 e. The van der Waals surface area contributed by atoms with Gasteiger partial charge in [0.25, 0.3) is 11.8 Å². The van der Waals surface area contributed by atoms with E-state index in [2.05, 4.69) is 19.1 Å². The lowest BCUT2D eigenvalue weighted by Crippen LogP contribution is -2.31. The number of fused-ring (bicyclic) bond motifs is 1. The van der Waals surface area contributed by atoms with Crippen molar-refractivity contribution >= 4 is 11.8 Å². The quantitative estimate of drug-likeness (QED) is 0.657. The Bertz CT molecular complexity index is 821. The number of nitrogens with zero attached hydrogens (tertiary/aromatic N) is 1. The first-order valence-corrected chi connectivity index (χ1v) is 10.2. The normalized spacial score (nSPS) is 15.6. The molecule has 0 aliphatic carbocycles. The van der Waals surface area contributed by atoms with Gasteiger partial charge in [0.15, 0.2) is 0 Å². The SMILES string of the molecule is CCCCC(C)(O)Cc1cccc(CCCN2C(=O)c3ccccc3C2=O)c1. The van der Waals surface area contributed by atoms with Crippen molar-refractivity contribution in [1.29, 1.82) is 0 Å². The topological polar surface area (TPSA) is 57.6 Å². The summed E-state index contributed by atoms with van der Waals surface area (Å²) in [6.07, 6.45) is 5.05. The molecule has 0 bridgehead atoms. The van der Waals surface area contributed by atoms with Crippen molar-refractivity contribution in [3.8, 4) is 0 Å². The van der Waals surface area contributed by atoms with Crippen LogP contribution in [0, 0.1) is 0 Å². The summed E-state index contributed by atoms with van der Waals surface area (Å²) in [5.74, 6) is -0.386. The first-order chi connectivity index (χ1) is 13.4. The Kier molecular flexibility index (Phi) is 6.30. The minimum absolute atomic E-state index is 0.193. The van der Waals surface area contributed by atoms with Crippen LogP contribution in [0.3, 0.4) is 0 Å². The second-order valence-electron chi connectivity index (χ2n) is 8.01. The summed E-state index contributed by atoms with van der Waals surface area (Å²) < 4.78 is 0. The molecule has 4 heteroatoms. The highest BCUT2D eigenvalue weighted by molar-refractivity contribution is 6.21. The molecule has 1 unspecified atom stereocenters. The van der Waals surface area contributed by atoms with Crippen molar-refractivity contribution < 1.29 is 14.7 Å². The van der Waals surface area contributed by atoms with E-state index in [4.69, 9.17) is 0 Å². The molecule has 3 rings (SSSR count). The lowest BCUT2D eigenvalue weighted by Gasteiger charge is -2.23. The van der Waals surface area contributed by atoms with Gasteiger partial charge in [-0.15, -0.1) is 0 Å². The fourth-order valence-electron chi connectivity index (χ4n) is 3.86. The van der Waals surface area contributed by atoms with Crippen molar-refractivity contribution in [3.63, 3.8) is 0 Å². The van der Waals surface area contributed by atoms with Crippen LogP contribution in [0.15, 0.2) is 48.5 Å². The number of hydrogen-bond acceptors (Lipinski definition) is 3. The zero-order valence-corrected chi connectivity index (χ0v) is 16.8. The lowest BCUT2D eigenvalue weighted by molar-refractivity contribution is 0.0489. The van der Waals surface area contributed by atoms with Gasteiger partial charge in [-0.05, 0) is 49.4 Å². The molecule has 1 N–H and O–H groups in total. The average molecular weight is 380 g/mol. The monoisotopic (exact) mass is 379 g/mol. The van der Waals surface area contributed by atoms with Gasteiger partial charge in [0.1, 0.15) is 0 Å². The minimum atomic E-state index is -0.686. The Morgan fingerprint density at radius 3 is 2.21 bits per heavy atom. The standard InChI is InChI=1S/C24H29NO3/c1-3-4-14-24(2,28)17-19-10-7-9-18(16-19)11-8-15-25-22(26)20-12-5-6-13-21(20)23(25)27/h5-7,9-10,12-13,16,28H,3-4,8,11,14-15,17H2,1-2H3. The summed E-state index contributed by atoms with van der Waals surface area (Å²) in [5.41, 5.74) is 2.61. The molecule has 2 aromatic rings. The molecule has 2 aromatic carbocycles. The lowest BCUT2D eigenvalue weighted by atomic mass is 9.90. The van der Waals surface area contributed by atoms with Crippen LogP contribution in [-0.4, -0.2) is 34.0 Å². The van der Waals surface area contributed by atoms with Gasteiger partial charge in [-0.25, -0.2) is 0 Å². The number of benzene rings is 2. The Morgan fingerprint density at radius 1 is 0.929 bits per heavy atom. The molecule has 0 radical (unpaired) electrons. The van der Waals surface area contributed by atoms with Gasteiger partial charge in [-0.1, -0.05) is 56.2 Å². The molecule has 1 aliphatic heterocycles. The number of hydrogen-bond donors (Lipinski definition) is 1. The Morgan fingerprint density at radius 2 is 1.57 bits per heavy atom. The van der Waals surface area contributed by atoms with E-state index in [1.807, 2.05) is 19.1 Å². The molecule has 1 aliphatic rings. The molecule has 2 amide bonds. The van der Waals surface area contributed by atoms with Gasteiger partial charge < -0.3 is 5.11 Å². The summed E-state index contributed by atoms with van der Waals surface area (Å²) in [4.78, 5) is 26.2. The third-order valence-corrected chi connectivity index (χ3v) is 5.37. The van der Waals surface area contributed by atoms with Gasteiger partial charge in [0.2, 0.25) is 0 Å². The Labute approximate surface area is 167 Å². The van der Waals surface area contributed by atoms with Gasteiger partial charge in [0.05, 0.1) is 16.7 Å². The molecule has 148 valence electrons. The summed E-state index contributed by atoms with van der Waals surface area (Å²) >= 11 is 0. The molecule has 0 aromatic heterocycles. The number of carbonyl (C=O) groups is 2. The molecule has 0 saturated heterocycles. The van der Waals surface area contributed by atoms with E-state index in [0.29, 0.717) is 24.1 Å². The number of amides is 2. The Balaban J connectivity index is 1.56. The fraction of sp³-hybridized carbons (Fsp3) is 0.417. The van der Waals surface area contributed by atoms with Crippen LogP contribution in [0.5, 0.6) is 0 Å². The maximum atomic E-state index is 12.4. The summed E-state index contributed by atoms with van der Waals surface area (Å²) in [7, 11) is 0. The highest BCUT2D eigenvalue weighted by Gasteiger charge is 2.34. The number of aliphatic hydroxyl groups is 1. The molecule has 0 fully saturated rings. The molecule has 4 nitrogen and oxygen atoms in total. The third-order valence-electron chi connectivity index (χ3n) is 5.37. The molecular weight excluding hydrogens is 350 g/mol. The first kappa shape index (κ1) is 20.3. The first-order valence-electron chi connectivity index (χ1n) is 10.2. The predicted molar refractivity (Wildman–Crippen MR) is 110 cm³/mol. The van der Waals surface area contributed by atoms with E-state index in [1.165, 1.54) is 10.5 Å². The van der Waals surface area contributed by atoms with Crippen LogP contribution in [0.4, 0.5) is 0 Å². The van der Waals surface area contributed by atoms with Crippen molar-refractivity contribution in [2.24, 2.45) is 0 Å². The van der Waals surface area contributed by atoms with Gasteiger partial charge in [-0.2, -0.15) is 0 Å². The van der Waals surface area contributed by atoms with Crippen LogP contribution >= 0.6 is 0 Å². The molecule has 28 heavy (non-hydrogen) atoms. The van der Waals surface area contributed by atoms with Crippen molar-refractivity contribution in [2.75, 3.05) is 6.54 Å². The number of carbonyl (C=O) groups excluding carboxylic acids is 2. The van der Waals surface area contributed by atoms with Crippen molar-refractivity contribution in [2.45, 2.75) is 58.0 Å². The maximum absolute atomic E-state index is 12.4. The summed E-state index contributed by atoms with van der Waals surface area (Å²) in [6.45, 7) is 4.45. The minimum Gasteiger partial charge on any atom is -0.390 e. The predicted octanol–water partition coefficient (Wildman–Crippen LogP) is 4.40. The highest BCUT2D eigenvalue weighted by atomic mass is 16.3. The summed E-state index contributed by atoms with van der Waals surface area (Å²) in [5, 5.41) is 10.6. The molecule has 1 atom stereocenters. The van der Waals surface area contributed by atoms with E-state index in [-0.39, 0.29) is 11.8 Å². The summed E-state index contributed by atoms with van der Waals surface area (Å²) in [6, 6.07) is 15.3. The maximum Gasteiger partial charge on any atom is 0.261 e. The number of rotatable bonds is 9. The van der Waals surface area contributed by atoms with Crippen LogP contribution in [-0.2, 0) is 12.8 Å². The fourth-order valence-corrected chi connectivity index (χ4v) is 3.86. The van der Waals surface area contributed by atoms with Crippen molar-refractivity contribution in [3.05, 3.63) is 70.8 Å². The second kappa shape index (κ2) is 8.70. The van der Waals surface area contributed by atoms with Crippen LogP contribution in [0.25, 0.3) is 0 Å². The highest BCUT2D eigenvalue weighted by Crippen LogP contribution is 2.23. The van der Waals surface area contributed by atoms with E-state index in [9.17, 15) is 14.7 Å². The van der Waals surface area contributed by atoms with E-state index in [1.54, 1.807) is 24.3 Å². The average Bonchev–Trinajstić information content (AvgIpc) is 2.92. The second-order valence-corrected chi connectivity index (χ2v) is 8.01. The molecular formula is C24H29NO3. The van der Waals surface area contributed by atoms with E-state index >= 15 is 0 Å². The van der Waals surface area contributed by atoms with Crippen LogP contribution in [0.2, 0.25) is 0 Å². The van der Waals surface area contributed by atoms with Crippen LogP contribution < -0.4 is 0 Å². The van der Waals surface area contributed by atoms with E-state index < -0.39 is 5.60 Å². The molecule has 1 heterocycles.